The van der Waals surface area contributed by atoms with Crippen molar-refractivity contribution in [2.75, 3.05) is 7.11 Å². The minimum Gasteiger partial charge on any atom is -0.497 e. The number of halogens is 1. The third-order valence-corrected chi connectivity index (χ3v) is 3.09. The molecular weight excluding hydrogens is 269 g/mol. The molecule has 0 radical (unpaired) electrons. The van der Waals surface area contributed by atoms with E-state index < -0.39 is 0 Å². The van der Waals surface area contributed by atoms with Gasteiger partial charge in [-0.3, -0.25) is 0 Å². The van der Waals surface area contributed by atoms with Crippen LogP contribution in [0.5, 0.6) is 11.5 Å². The Morgan fingerprint density at radius 1 is 1.19 bits per heavy atom. The maximum atomic E-state index is 13.3. The fraction of sp³-hybridized carbons (Fsp3) is 0.294. The Balaban J connectivity index is 2.11. The summed E-state index contributed by atoms with van der Waals surface area (Å²) in [7, 11) is 1.63. The van der Waals surface area contributed by atoms with Gasteiger partial charge in [0.05, 0.1) is 7.11 Å². The maximum Gasteiger partial charge on any atom is 0.123 e. The molecule has 2 rings (SSSR count). The summed E-state index contributed by atoms with van der Waals surface area (Å²) >= 11 is 0. The second-order valence-electron chi connectivity index (χ2n) is 5.07. The van der Waals surface area contributed by atoms with E-state index in [1.54, 1.807) is 13.2 Å². The molecule has 2 N–H and O–H groups in total. The van der Waals surface area contributed by atoms with Crippen LogP contribution in [0.3, 0.4) is 0 Å². The Morgan fingerprint density at radius 2 is 2.00 bits per heavy atom. The summed E-state index contributed by atoms with van der Waals surface area (Å²) in [5.41, 5.74) is 7.57. The second-order valence-corrected chi connectivity index (χ2v) is 5.07. The number of rotatable bonds is 6. The summed E-state index contributed by atoms with van der Waals surface area (Å²) in [6, 6.07) is 12.1. The van der Waals surface area contributed by atoms with Crippen LogP contribution in [-0.2, 0) is 13.0 Å². The van der Waals surface area contributed by atoms with Gasteiger partial charge in [0.25, 0.3) is 0 Å². The van der Waals surface area contributed by atoms with Crippen molar-refractivity contribution in [1.29, 1.82) is 0 Å². The summed E-state index contributed by atoms with van der Waals surface area (Å²) < 4.78 is 24.3. The molecular formula is C17H20FNO2. The van der Waals surface area contributed by atoms with Crippen LogP contribution in [0.25, 0.3) is 0 Å². The lowest BCUT2D eigenvalue weighted by molar-refractivity contribution is 0.301. The van der Waals surface area contributed by atoms with Crippen LogP contribution in [-0.4, -0.2) is 13.2 Å². The van der Waals surface area contributed by atoms with E-state index in [-0.39, 0.29) is 11.9 Å². The van der Waals surface area contributed by atoms with Gasteiger partial charge >= 0.3 is 0 Å². The average molecular weight is 289 g/mol. The molecule has 2 aromatic rings. The number of ether oxygens (including phenoxy) is 2. The predicted octanol–water partition coefficient (Wildman–Crippen LogP) is 3.30. The summed E-state index contributed by atoms with van der Waals surface area (Å²) in [4.78, 5) is 0. The van der Waals surface area contributed by atoms with Gasteiger partial charge in [0, 0.05) is 6.04 Å². The van der Waals surface area contributed by atoms with Gasteiger partial charge in [-0.1, -0.05) is 12.1 Å². The molecule has 21 heavy (non-hydrogen) atoms. The van der Waals surface area contributed by atoms with E-state index in [2.05, 4.69) is 0 Å². The molecule has 0 bridgehead atoms. The van der Waals surface area contributed by atoms with Gasteiger partial charge in [-0.25, -0.2) is 4.39 Å². The van der Waals surface area contributed by atoms with Crippen LogP contribution >= 0.6 is 0 Å². The summed E-state index contributed by atoms with van der Waals surface area (Å²) in [5.74, 6) is 1.17. The fourth-order valence-electron chi connectivity index (χ4n) is 2.12. The first-order valence-electron chi connectivity index (χ1n) is 6.88. The third-order valence-electron chi connectivity index (χ3n) is 3.09. The zero-order valence-electron chi connectivity index (χ0n) is 12.3. The van der Waals surface area contributed by atoms with Crippen molar-refractivity contribution >= 4 is 0 Å². The van der Waals surface area contributed by atoms with E-state index in [0.29, 0.717) is 18.8 Å². The number of hydrogen-bond acceptors (Lipinski definition) is 3. The third kappa shape index (κ3) is 4.46. The van der Waals surface area contributed by atoms with E-state index in [0.717, 1.165) is 16.9 Å². The lowest BCUT2D eigenvalue weighted by Gasteiger charge is -2.13. The second kappa shape index (κ2) is 7.09. The summed E-state index contributed by atoms with van der Waals surface area (Å²) in [6.07, 6.45) is 0.575. The van der Waals surface area contributed by atoms with Gasteiger partial charge in [-0.15, -0.1) is 0 Å². The van der Waals surface area contributed by atoms with E-state index in [1.807, 2.05) is 31.2 Å². The van der Waals surface area contributed by atoms with Crippen molar-refractivity contribution in [3.05, 3.63) is 59.4 Å². The molecule has 0 amide bonds. The van der Waals surface area contributed by atoms with Crippen molar-refractivity contribution in [2.24, 2.45) is 5.73 Å². The maximum absolute atomic E-state index is 13.3. The number of benzene rings is 2. The van der Waals surface area contributed by atoms with Gasteiger partial charge in [-0.2, -0.15) is 0 Å². The predicted molar refractivity (Wildman–Crippen MR) is 81.1 cm³/mol. The zero-order chi connectivity index (χ0) is 15.2. The molecule has 0 aliphatic heterocycles. The first kappa shape index (κ1) is 15.3. The number of nitrogens with two attached hydrogens (primary N) is 1. The van der Waals surface area contributed by atoms with Crippen LogP contribution in [0.15, 0.2) is 42.5 Å². The zero-order valence-corrected chi connectivity index (χ0v) is 12.3. The molecule has 0 saturated heterocycles. The van der Waals surface area contributed by atoms with Crippen LogP contribution in [0, 0.1) is 5.82 Å². The van der Waals surface area contributed by atoms with Crippen molar-refractivity contribution < 1.29 is 13.9 Å². The topological polar surface area (TPSA) is 44.5 Å². The van der Waals surface area contributed by atoms with E-state index in [4.69, 9.17) is 15.2 Å². The Morgan fingerprint density at radius 3 is 2.71 bits per heavy atom. The molecule has 0 aromatic heterocycles. The molecule has 1 atom stereocenters. The van der Waals surface area contributed by atoms with Crippen LogP contribution in [0.2, 0.25) is 0 Å². The lowest BCUT2D eigenvalue weighted by atomic mass is 10.1. The van der Waals surface area contributed by atoms with Gasteiger partial charge in [0.1, 0.15) is 23.9 Å². The normalized spacial score (nSPS) is 12.0. The van der Waals surface area contributed by atoms with Crippen LogP contribution < -0.4 is 15.2 Å². The minimum absolute atomic E-state index is 0.0500. The Hall–Kier alpha value is -2.07. The van der Waals surface area contributed by atoms with Crippen molar-refractivity contribution in [3.8, 4) is 11.5 Å². The monoisotopic (exact) mass is 289 g/mol. The molecule has 4 heteroatoms. The SMILES string of the molecule is COc1cccc(COc2ccc(F)cc2CC(C)N)c1. The molecule has 0 spiro atoms. The minimum atomic E-state index is -0.278. The van der Waals surface area contributed by atoms with Gasteiger partial charge < -0.3 is 15.2 Å². The molecule has 3 nitrogen and oxygen atoms in total. The van der Waals surface area contributed by atoms with E-state index in [1.165, 1.54) is 12.1 Å². The molecule has 1 unspecified atom stereocenters. The number of methoxy groups -OCH3 is 1. The average Bonchev–Trinajstić information content (AvgIpc) is 2.46. The fourth-order valence-corrected chi connectivity index (χ4v) is 2.12. The molecule has 112 valence electrons. The first-order chi connectivity index (χ1) is 10.1. The molecule has 2 aromatic carbocycles. The van der Waals surface area contributed by atoms with E-state index in [9.17, 15) is 4.39 Å². The highest BCUT2D eigenvalue weighted by Crippen LogP contribution is 2.23. The molecule has 0 heterocycles. The lowest BCUT2D eigenvalue weighted by Crippen LogP contribution is -2.18. The Bertz CT molecular complexity index is 599. The largest absolute Gasteiger partial charge is 0.497 e. The smallest absolute Gasteiger partial charge is 0.123 e. The van der Waals surface area contributed by atoms with Crippen LogP contribution in [0.4, 0.5) is 4.39 Å². The van der Waals surface area contributed by atoms with E-state index >= 15 is 0 Å². The van der Waals surface area contributed by atoms with Crippen molar-refractivity contribution in [3.63, 3.8) is 0 Å². The molecule has 0 fully saturated rings. The van der Waals surface area contributed by atoms with Crippen molar-refractivity contribution in [1.82, 2.24) is 0 Å². The van der Waals surface area contributed by atoms with Gasteiger partial charge in [0.2, 0.25) is 0 Å². The van der Waals surface area contributed by atoms with Gasteiger partial charge in [0.15, 0.2) is 0 Å². The van der Waals surface area contributed by atoms with Crippen molar-refractivity contribution in [2.45, 2.75) is 26.0 Å². The van der Waals surface area contributed by atoms with Gasteiger partial charge in [-0.05, 0) is 54.8 Å². The Labute approximate surface area is 124 Å². The number of hydrogen-bond donors (Lipinski definition) is 1. The highest BCUT2D eigenvalue weighted by Gasteiger charge is 2.08. The molecule has 0 aliphatic rings. The van der Waals surface area contributed by atoms with Crippen LogP contribution in [0.1, 0.15) is 18.1 Å². The Kier molecular flexibility index (Phi) is 5.17. The summed E-state index contributed by atoms with van der Waals surface area (Å²) in [6.45, 7) is 2.28. The highest BCUT2D eigenvalue weighted by molar-refractivity contribution is 5.35. The first-order valence-corrected chi connectivity index (χ1v) is 6.88. The summed E-state index contributed by atoms with van der Waals surface area (Å²) in [5, 5.41) is 0. The molecule has 0 saturated carbocycles. The standard InChI is InChI=1S/C17H20FNO2/c1-12(19)8-14-10-15(18)6-7-17(14)21-11-13-4-3-5-16(9-13)20-2/h3-7,9-10,12H,8,11,19H2,1-2H3. The quantitative estimate of drug-likeness (QED) is 0.887. The highest BCUT2D eigenvalue weighted by atomic mass is 19.1. The molecule has 0 aliphatic carbocycles.